The first-order valence-electron chi connectivity index (χ1n) is 4.03. The molecule has 2 nitrogen and oxygen atoms in total. The van der Waals surface area contributed by atoms with Crippen LogP contribution in [0.3, 0.4) is 0 Å². The third-order valence-corrected chi connectivity index (χ3v) is 2.21. The lowest BCUT2D eigenvalue weighted by Crippen LogP contribution is -2.34. The normalized spacial score (nSPS) is 21.2. The van der Waals surface area contributed by atoms with Crippen LogP contribution in [0.25, 0.3) is 0 Å². The van der Waals surface area contributed by atoms with Crippen molar-refractivity contribution in [2.75, 3.05) is 0 Å². The molecule has 0 aromatic heterocycles. The van der Waals surface area contributed by atoms with Gasteiger partial charge in [-0.05, 0) is 33.6 Å². The van der Waals surface area contributed by atoms with Crippen LogP contribution in [0, 0.1) is 0 Å². The molecule has 2 heteroatoms. The number of rotatable bonds is 2. The zero-order chi connectivity index (χ0) is 8.48. The monoisotopic (exact) mass is 153 g/mol. The van der Waals surface area contributed by atoms with Crippen molar-refractivity contribution < 1.29 is 4.79 Å². The molecule has 0 bridgehead atoms. The van der Waals surface area contributed by atoms with Crippen LogP contribution in [0.4, 0.5) is 0 Å². The fourth-order valence-electron chi connectivity index (χ4n) is 0.816. The first-order valence-corrected chi connectivity index (χ1v) is 4.03. The zero-order valence-electron chi connectivity index (χ0n) is 7.40. The topological polar surface area (TPSA) is 29.1 Å². The van der Waals surface area contributed by atoms with Crippen LogP contribution >= 0.6 is 0 Å². The molecule has 1 aliphatic rings. The number of nitrogens with one attached hydrogen (secondary N) is 1. The van der Waals surface area contributed by atoms with Gasteiger partial charge in [-0.1, -0.05) is 6.08 Å². The summed E-state index contributed by atoms with van der Waals surface area (Å²) in [5.41, 5.74) is 0.916. The van der Waals surface area contributed by atoms with E-state index in [-0.39, 0.29) is 11.4 Å². The molecule has 0 radical (unpaired) electrons. The van der Waals surface area contributed by atoms with Crippen molar-refractivity contribution in [3.05, 3.63) is 11.6 Å². The maximum atomic E-state index is 11.3. The fourth-order valence-corrected chi connectivity index (χ4v) is 0.816. The minimum Gasteiger partial charge on any atom is -0.347 e. The minimum atomic E-state index is 0.0764. The highest BCUT2D eigenvalue weighted by molar-refractivity contribution is 5.93. The summed E-state index contributed by atoms with van der Waals surface area (Å²) in [5, 5.41) is 2.97. The molecule has 1 N–H and O–H groups in total. The molecular weight excluding hydrogens is 138 g/mol. The number of carbonyl (C=O) groups is 1. The minimum absolute atomic E-state index is 0.0764. The van der Waals surface area contributed by atoms with Crippen LogP contribution in [0.5, 0.6) is 0 Å². The first kappa shape index (κ1) is 8.31. The fraction of sp³-hybridized carbons (Fsp3) is 0.667. The van der Waals surface area contributed by atoms with Gasteiger partial charge in [0, 0.05) is 11.1 Å². The Morgan fingerprint density at radius 2 is 2.09 bits per heavy atom. The summed E-state index contributed by atoms with van der Waals surface area (Å²) in [7, 11) is 0. The second kappa shape index (κ2) is 2.68. The average molecular weight is 153 g/mol. The highest BCUT2D eigenvalue weighted by Gasteiger charge is 2.38. The number of allylic oxidation sites excluding steroid dienone is 1. The number of amides is 1. The van der Waals surface area contributed by atoms with Gasteiger partial charge in [-0.3, -0.25) is 4.79 Å². The Kier molecular flexibility index (Phi) is 2.03. The maximum Gasteiger partial charge on any atom is 0.246 e. The Morgan fingerprint density at radius 3 is 2.45 bits per heavy atom. The quantitative estimate of drug-likeness (QED) is 0.600. The Labute approximate surface area is 67.7 Å². The van der Waals surface area contributed by atoms with Crippen molar-refractivity contribution in [2.24, 2.45) is 0 Å². The van der Waals surface area contributed by atoms with Crippen molar-refractivity contribution in [3.8, 4) is 0 Å². The molecule has 1 aliphatic carbocycles. The summed E-state index contributed by atoms with van der Waals surface area (Å²) < 4.78 is 0. The summed E-state index contributed by atoms with van der Waals surface area (Å²) in [6.07, 6.45) is 4.08. The molecule has 0 atom stereocenters. The number of hydrogen-bond donors (Lipinski definition) is 1. The lowest BCUT2D eigenvalue weighted by molar-refractivity contribution is -0.118. The SMILES string of the molecule is C/C=C(/C)C(=O)NC1(C)CC1. The lowest BCUT2D eigenvalue weighted by Gasteiger charge is -2.10. The summed E-state index contributed by atoms with van der Waals surface area (Å²) in [6.45, 7) is 5.79. The van der Waals surface area contributed by atoms with E-state index in [4.69, 9.17) is 0 Å². The van der Waals surface area contributed by atoms with Crippen LogP contribution in [0.1, 0.15) is 33.6 Å². The highest BCUT2D eigenvalue weighted by Crippen LogP contribution is 2.34. The van der Waals surface area contributed by atoms with Crippen LogP contribution in [0.15, 0.2) is 11.6 Å². The Hall–Kier alpha value is -0.790. The smallest absolute Gasteiger partial charge is 0.246 e. The molecule has 11 heavy (non-hydrogen) atoms. The maximum absolute atomic E-state index is 11.3. The third-order valence-electron chi connectivity index (χ3n) is 2.21. The van der Waals surface area contributed by atoms with E-state index in [1.54, 1.807) is 0 Å². The molecule has 0 saturated heterocycles. The molecule has 1 amide bonds. The molecule has 0 aromatic rings. The molecule has 1 saturated carbocycles. The molecule has 1 rings (SSSR count). The van der Waals surface area contributed by atoms with Gasteiger partial charge in [0.25, 0.3) is 0 Å². The second-order valence-corrected chi connectivity index (χ2v) is 3.49. The van der Waals surface area contributed by atoms with Crippen molar-refractivity contribution in [3.63, 3.8) is 0 Å². The summed E-state index contributed by atoms with van der Waals surface area (Å²) >= 11 is 0. The van der Waals surface area contributed by atoms with Crippen LogP contribution in [0.2, 0.25) is 0 Å². The van der Waals surface area contributed by atoms with Gasteiger partial charge >= 0.3 is 0 Å². The molecular formula is C9H15NO. The van der Waals surface area contributed by atoms with E-state index in [0.29, 0.717) is 0 Å². The summed E-state index contributed by atoms with van der Waals surface area (Å²) in [5.74, 6) is 0.0764. The van der Waals surface area contributed by atoms with Crippen molar-refractivity contribution in [2.45, 2.75) is 39.2 Å². The van der Waals surface area contributed by atoms with Gasteiger partial charge in [-0.15, -0.1) is 0 Å². The summed E-state index contributed by atoms with van der Waals surface area (Å²) in [4.78, 5) is 11.3. The van der Waals surface area contributed by atoms with Crippen molar-refractivity contribution >= 4 is 5.91 Å². The van der Waals surface area contributed by atoms with Gasteiger partial charge in [0.05, 0.1) is 0 Å². The number of carbonyl (C=O) groups excluding carboxylic acids is 1. The first-order chi connectivity index (χ1) is 5.07. The lowest BCUT2D eigenvalue weighted by atomic mass is 10.2. The Bertz CT molecular complexity index is 202. The molecule has 0 aliphatic heterocycles. The van der Waals surface area contributed by atoms with Gasteiger partial charge < -0.3 is 5.32 Å². The molecule has 1 fully saturated rings. The van der Waals surface area contributed by atoms with Crippen LogP contribution in [-0.4, -0.2) is 11.4 Å². The van der Waals surface area contributed by atoms with E-state index in [9.17, 15) is 4.79 Å². The van der Waals surface area contributed by atoms with E-state index < -0.39 is 0 Å². The van der Waals surface area contributed by atoms with Crippen LogP contribution in [-0.2, 0) is 4.79 Å². The highest BCUT2D eigenvalue weighted by atomic mass is 16.1. The van der Waals surface area contributed by atoms with Gasteiger partial charge in [-0.2, -0.15) is 0 Å². The molecule has 0 heterocycles. The molecule has 0 aromatic carbocycles. The van der Waals surface area contributed by atoms with Gasteiger partial charge in [0.2, 0.25) is 5.91 Å². The van der Waals surface area contributed by atoms with Gasteiger partial charge in [0.1, 0.15) is 0 Å². The number of hydrogen-bond acceptors (Lipinski definition) is 1. The molecule has 0 unspecified atom stereocenters. The largest absolute Gasteiger partial charge is 0.347 e. The standard InChI is InChI=1S/C9H15NO/c1-4-7(2)8(11)10-9(3)5-6-9/h4H,5-6H2,1-3H3,(H,10,11)/b7-4-. The molecule has 62 valence electrons. The second-order valence-electron chi connectivity index (χ2n) is 3.49. The van der Waals surface area contributed by atoms with E-state index in [1.165, 1.54) is 0 Å². The zero-order valence-corrected chi connectivity index (χ0v) is 7.40. The van der Waals surface area contributed by atoms with E-state index >= 15 is 0 Å². The van der Waals surface area contributed by atoms with Crippen molar-refractivity contribution in [1.29, 1.82) is 0 Å². The van der Waals surface area contributed by atoms with Gasteiger partial charge in [0.15, 0.2) is 0 Å². The predicted octanol–water partition coefficient (Wildman–Crippen LogP) is 1.62. The summed E-state index contributed by atoms with van der Waals surface area (Å²) in [6, 6.07) is 0. The van der Waals surface area contributed by atoms with E-state index in [1.807, 2.05) is 19.9 Å². The third kappa shape index (κ3) is 2.07. The van der Waals surface area contributed by atoms with Crippen molar-refractivity contribution in [1.82, 2.24) is 5.32 Å². The average Bonchev–Trinajstić information content (AvgIpc) is 2.66. The van der Waals surface area contributed by atoms with Crippen LogP contribution < -0.4 is 5.32 Å². The molecule has 0 spiro atoms. The van der Waals surface area contributed by atoms with Gasteiger partial charge in [-0.25, -0.2) is 0 Å². The Morgan fingerprint density at radius 1 is 1.55 bits per heavy atom. The Balaban J connectivity index is 2.44. The van der Waals surface area contributed by atoms with E-state index in [2.05, 4.69) is 12.2 Å². The van der Waals surface area contributed by atoms with E-state index in [0.717, 1.165) is 18.4 Å². The predicted molar refractivity (Wildman–Crippen MR) is 45.2 cm³/mol.